The van der Waals surface area contributed by atoms with Gasteiger partial charge in [-0.15, -0.1) is 11.6 Å². The fraction of sp³-hybridized carbons (Fsp3) is 0.438. The average molecular weight is 277 g/mol. The van der Waals surface area contributed by atoms with Crippen LogP contribution in [0, 0.1) is 6.92 Å². The maximum absolute atomic E-state index is 6.16. The van der Waals surface area contributed by atoms with E-state index in [1.54, 1.807) is 0 Å². The quantitative estimate of drug-likeness (QED) is 0.770. The number of nitrogens with zero attached hydrogens (tertiary/aromatic N) is 1. The summed E-state index contributed by atoms with van der Waals surface area (Å²) in [4.78, 5) is 8.03. The van der Waals surface area contributed by atoms with Gasteiger partial charge in [-0.1, -0.05) is 45.0 Å². The fourth-order valence-corrected chi connectivity index (χ4v) is 2.54. The molecule has 0 aliphatic rings. The number of aryl methyl sites for hydroxylation is 1. The Balaban J connectivity index is 2.57. The Kier molecular flexibility index (Phi) is 3.73. The van der Waals surface area contributed by atoms with Gasteiger partial charge in [-0.2, -0.15) is 0 Å². The molecule has 0 spiro atoms. The first-order valence-corrected chi connectivity index (χ1v) is 7.05. The second-order valence-corrected chi connectivity index (χ2v) is 6.66. The number of alkyl halides is 1. The average Bonchev–Trinajstić information content (AvgIpc) is 2.70. The van der Waals surface area contributed by atoms with E-state index < -0.39 is 0 Å². The summed E-state index contributed by atoms with van der Waals surface area (Å²) >= 11 is 6.16. The van der Waals surface area contributed by atoms with Gasteiger partial charge in [-0.3, -0.25) is 0 Å². The number of H-pyrrole nitrogens is 1. The van der Waals surface area contributed by atoms with Gasteiger partial charge < -0.3 is 4.98 Å². The number of benzene rings is 1. The van der Waals surface area contributed by atoms with E-state index in [4.69, 9.17) is 11.6 Å². The molecule has 1 unspecified atom stereocenters. The molecule has 0 aliphatic heterocycles. The van der Waals surface area contributed by atoms with Crippen molar-refractivity contribution >= 4 is 11.6 Å². The van der Waals surface area contributed by atoms with E-state index in [9.17, 15) is 0 Å². The molecule has 19 heavy (non-hydrogen) atoms. The highest BCUT2D eigenvalue weighted by Gasteiger charge is 2.21. The van der Waals surface area contributed by atoms with Crippen LogP contribution in [0.25, 0.3) is 11.4 Å². The Bertz CT molecular complexity index is 577. The monoisotopic (exact) mass is 276 g/mol. The molecule has 2 aromatic rings. The fourth-order valence-electron chi connectivity index (χ4n) is 2.33. The molecule has 1 aromatic carbocycles. The molecular weight excluding hydrogens is 256 g/mol. The first-order chi connectivity index (χ1) is 8.80. The smallest absolute Gasteiger partial charge is 0.138 e. The molecule has 3 heteroatoms. The van der Waals surface area contributed by atoms with Crippen molar-refractivity contribution in [3.63, 3.8) is 0 Å². The van der Waals surface area contributed by atoms with Crippen LogP contribution in [0.2, 0.25) is 0 Å². The zero-order chi connectivity index (χ0) is 14.2. The van der Waals surface area contributed by atoms with Crippen LogP contribution in [0.15, 0.2) is 24.3 Å². The predicted octanol–water partition coefficient (Wildman–Crippen LogP) is 4.98. The number of imidazole rings is 1. The lowest BCUT2D eigenvalue weighted by molar-refractivity contribution is 0.591. The molecule has 2 nitrogen and oxygen atoms in total. The second kappa shape index (κ2) is 5.01. The molecule has 102 valence electrons. The maximum atomic E-state index is 6.16. The highest BCUT2D eigenvalue weighted by Crippen LogP contribution is 2.33. The van der Waals surface area contributed by atoms with E-state index in [0.717, 1.165) is 22.8 Å². The minimum absolute atomic E-state index is 0.0770. The van der Waals surface area contributed by atoms with Crippen LogP contribution in [0.5, 0.6) is 0 Å². The Labute approximate surface area is 120 Å². The molecule has 0 bridgehead atoms. The van der Waals surface area contributed by atoms with Crippen molar-refractivity contribution in [2.24, 2.45) is 0 Å². The Morgan fingerprint density at radius 2 is 1.84 bits per heavy atom. The lowest BCUT2D eigenvalue weighted by Gasteiger charge is -2.21. The van der Waals surface area contributed by atoms with Crippen molar-refractivity contribution in [3.05, 3.63) is 41.2 Å². The van der Waals surface area contributed by atoms with Crippen LogP contribution in [0.1, 0.15) is 50.0 Å². The molecular formula is C16H21ClN2. The molecule has 1 aromatic heterocycles. The van der Waals surface area contributed by atoms with Crippen molar-refractivity contribution < 1.29 is 0 Å². The van der Waals surface area contributed by atoms with Gasteiger partial charge in [0.05, 0.1) is 11.1 Å². The lowest BCUT2D eigenvalue weighted by atomic mass is 9.83. The zero-order valence-corrected chi connectivity index (χ0v) is 13.0. The summed E-state index contributed by atoms with van der Waals surface area (Å²) < 4.78 is 0. The summed E-state index contributed by atoms with van der Waals surface area (Å²) in [6.45, 7) is 10.6. The van der Waals surface area contributed by atoms with Crippen molar-refractivity contribution in [1.82, 2.24) is 9.97 Å². The van der Waals surface area contributed by atoms with Gasteiger partial charge in [0.25, 0.3) is 0 Å². The Hall–Kier alpha value is -1.28. The number of halogens is 1. The molecule has 0 radical (unpaired) electrons. The van der Waals surface area contributed by atoms with E-state index in [1.165, 1.54) is 5.56 Å². The normalized spacial score (nSPS) is 13.6. The maximum Gasteiger partial charge on any atom is 0.138 e. The molecule has 1 heterocycles. The lowest BCUT2D eigenvalue weighted by Crippen LogP contribution is -2.12. The third-order valence-electron chi connectivity index (χ3n) is 3.29. The largest absolute Gasteiger partial charge is 0.342 e. The van der Waals surface area contributed by atoms with Crippen LogP contribution in [0.4, 0.5) is 0 Å². The molecule has 1 atom stereocenters. The van der Waals surface area contributed by atoms with Crippen LogP contribution in [-0.4, -0.2) is 9.97 Å². The van der Waals surface area contributed by atoms with Gasteiger partial charge >= 0.3 is 0 Å². The summed E-state index contributed by atoms with van der Waals surface area (Å²) in [5.74, 6) is 0.908. The second-order valence-electron chi connectivity index (χ2n) is 6.01. The van der Waals surface area contributed by atoms with Gasteiger partial charge in [0.2, 0.25) is 0 Å². The van der Waals surface area contributed by atoms with E-state index in [1.807, 2.05) is 19.9 Å². The Morgan fingerprint density at radius 3 is 2.37 bits per heavy atom. The first kappa shape index (κ1) is 14.1. The summed E-state index contributed by atoms with van der Waals surface area (Å²) in [7, 11) is 0. The standard InChI is InChI=1S/C16H21ClN2/c1-10(17)14-11(2)18-15(19-14)12-8-6-7-9-13(12)16(3,4)5/h6-10H,1-5H3,(H,18,19). The van der Waals surface area contributed by atoms with Crippen LogP contribution >= 0.6 is 11.6 Å². The van der Waals surface area contributed by atoms with Crippen molar-refractivity contribution in [1.29, 1.82) is 0 Å². The first-order valence-electron chi connectivity index (χ1n) is 6.61. The Morgan fingerprint density at radius 1 is 1.21 bits per heavy atom. The summed E-state index contributed by atoms with van der Waals surface area (Å²) in [6, 6.07) is 8.40. The topological polar surface area (TPSA) is 28.7 Å². The number of hydrogen-bond donors (Lipinski definition) is 1. The highest BCUT2D eigenvalue weighted by molar-refractivity contribution is 6.20. The van der Waals surface area contributed by atoms with Crippen LogP contribution < -0.4 is 0 Å². The van der Waals surface area contributed by atoms with Gasteiger partial charge in [-0.05, 0) is 24.8 Å². The summed E-state index contributed by atoms with van der Waals surface area (Å²) in [6.07, 6.45) is 0. The van der Waals surface area contributed by atoms with Gasteiger partial charge in [0, 0.05) is 11.3 Å². The van der Waals surface area contributed by atoms with Crippen molar-refractivity contribution in [2.75, 3.05) is 0 Å². The van der Waals surface area contributed by atoms with Gasteiger partial charge in [0.15, 0.2) is 0 Å². The molecule has 0 aliphatic carbocycles. The van der Waals surface area contributed by atoms with Crippen LogP contribution in [0.3, 0.4) is 0 Å². The number of rotatable bonds is 2. The molecule has 0 saturated carbocycles. The third kappa shape index (κ3) is 2.84. The van der Waals surface area contributed by atoms with E-state index in [-0.39, 0.29) is 10.8 Å². The van der Waals surface area contributed by atoms with E-state index in [2.05, 4.69) is 48.9 Å². The minimum Gasteiger partial charge on any atom is -0.342 e. The number of hydrogen-bond acceptors (Lipinski definition) is 1. The zero-order valence-electron chi connectivity index (χ0n) is 12.2. The molecule has 0 saturated heterocycles. The number of aromatic nitrogens is 2. The predicted molar refractivity (Wildman–Crippen MR) is 81.7 cm³/mol. The molecule has 2 rings (SSSR count). The summed E-state index contributed by atoms with van der Waals surface area (Å²) in [5, 5.41) is -0.0770. The summed E-state index contributed by atoms with van der Waals surface area (Å²) in [5.41, 5.74) is 4.50. The van der Waals surface area contributed by atoms with E-state index in [0.29, 0.717) is 0 Å². The molecule has 0 fully saturated rings. The van der Waals surface area contributed by atoms with Crippen LogP contribution in [-0.2, 0) is 5.41 Å². The van der Waals surface area contributed by atoms with Gasteiger partial charge in [-0.25, -0.2) is 4.98 Å². The van der Waals surface area contributed by atoms with Gasteiger partial charge in [0.1, 0.15) is 5.82 Å². The number of aromatic amines is 1. The molecule has 1 N–H and O–H groups in total. The van der Waals surface area contributed by atoms with Crippen molar-refractivity contribution in [3.8, 4) is 11.4 Å². The SMILES string of the molecule is Cc1[nH]c(-c2ccccc2C(C)(C)C)nc1C(C)Cl. The van der Waals surface area contributed by atoms with E-state index >= 15 is 0 Å². The molecule has 0 amide bonds. The number of nitrogens with one attached hydrogen (secondary N) is 1. The minimum atomic E-state index is -0.0770. The third-order valence-corrected chi connectivity index (χ3v) is 3.50. The highest BCUT2D eigenvalue weighted by atomic mass is 35.5. The van der Waals surface area contributed by atoms with Crippen molar-refractivity contribution in [2.45, 2.75) is 45.4 Å².